The second-order valence-corrected chi connectivity index (χ2v) is 6.00. The van der Waals surface area contributed by atoms with E-state index in [1.807, 2.05) is 0 Å². The van der Waals surface area contributed by atoms with Crippen molar-refractivity contribution in [3.63, 3.8) is 0 Å². The minimum absolute atomic E-state index is 0.415. The summed E-state index contributed by atoms with van der Waals surface area (Å²) in [4.78, 5) is 2.57. The summed E-state index contributed by atoms with van der Waals surface area (Å²) < 4.78 is 0. The first-order valence-corrected chi connectivity index (χ1v) is 7.26. The molecule has 98 valence electrons. The Balaban J connectivity index is 1.58. The van der Waals surface area contributed by atoms with Gasteiger partial charge >= 0.3 is 0 Å². The maximum absolute atomic E-state index is 10.8. The minimum atomic E-state index is -0.415. The van der Waals surface area contributed by atoms with Crippen LogP contribution in [0.2, 0.25) is 0 Å². The first-order chi connectivity index (χ1) is 8.75. The first kappa shape index (κ1) is 12.2. The van der Waals surface area contributed by atoms with E-state index in [0.29, 0.717) is 6.04 Å². The highest BCUT2D eigenvalue weighted by Gasteiger charge is 2.39. The Morgan fingerprint density at radius 3 is 2.89 bits per heavy atom. The smallest absolute Gasteiger partial charge is 0.0678 e. The molecule has 2 atom stereocenters. The molecule has 2 heterocycles. The SMILES string of the molecule is OC1(CCc2ccccc2)CCN2CCCC2C1. The van der Waals surface area contributed by atoms with Gasteiger partial charge in [0.25, 0.3) is 0 Å². The third-order valence-electron chi connectivity index (χ3n) is 4.70. The number of piperidine rings is 1. The van der Waals surface area contributed by atoms with Crippen LogP contribution in [0.4, 0.5) is 0 Å². The Morgan fingerprint density at radius 2 is 2.06 bits per heavy atom. The van der Waals surface area contributed by atoms with Crippen LogP contribution in [0.5, 0.6) is 0 Å². The molecule has 0 spiro atoms. The van der Waals surface area contributed by atoms with Crippen LogP contribution in [0.3, 0.4) is 0 Å². The Labute approximate surface area is 110 Å². The van der Waals surface area contributed by atoms with Gasteiger partial charge in [-0.3, -0.25) is 0 Å². The van der Waals surface area contributed by atoms with Gasteiger partial charge in [0.2, 0.25) is 0 Å². The van der Waals surface area contributed by atoms with Crippen molar-refractivity contribution in [3.05, 3.63) is 35.9 Å². The zero-order valence-corrected chi connectivity index (χ0v) is 11.0. The van der Waals surface area contributed by atoms with Crippen LogP contribution in [-0.4, -0.2) is 34.7 Å². The summed E-state index contributed by atoms with van der Waals surface area (Å²) in [6, 6.07) is 11.2. The van der Waals surface area contributed by atoms with Crippen LogP contribution >= 0.6 is 0 Å². The van der Waals surface area contributed by atoms with E-state index in [-0.39, 0.29) is 0 Å². The summed E-state index contributed by atoms with van der Waals surface area (Å²) in [6.45, 7) is 2.34. The van der Waals surface area contributed by atoms with Crippen molar-refractivity contribution >= 4 is 0 Å². The molecule has 2 heteroatoms. The third-order valence-corrected chi connectivity index (χ3v) is 4.70. The number of benzene rings is 1. The summed E-state index contributed by atoms with van der Waals surface area (Å²) in [5, 5.41) is 10.8. The average molecular weight is 245 g/mol. The molecule has 1 aromatic rings. The Kier molecular flexibility index (Phi) is 3.40. The lowest BCUT2D eigenvalue weighted by molar-refractivity contribution is -0.0416. The molecule has 1 aromatic carbocycles. The lowest BCUT2D eigenvalue weighted by Gasteiger charge is -2.41. The van der Waals surface area contributed by atoms with Crippen LogP contribution < -0.4 is 0 Å². The van der Waals surface area contributed by atoms with E-state index in [0.717, 1.165) is 32.2 Å². The number of hydrogen-bond donors (Lipinski definition) is 1. The van der Waals surface area contributed by atoms with Crippen LogP contribution in [0.1, 0.15) is 37.7 Å². The molecule has 0 amide bonds. The van der Waals surface area contributed by atoms with Gasteiger partial charge in [0.15, 0.2) is 0 Å². The average Bonchev–Trinajstić information content (AvgIpc) is 2.85. The van der Waals surface area contributed by atoms with Gasteiger partial charge in [0.05, 0.1) is 5.60 Å². The fourth-order valence-electron chi connectivity index (χ4n) is 3.56. The molecule has 0 saturated carbocycles. The van der Waals surface area contributed by atoms with E-state index >= 15 is 0 Å². The molecule has 0 aromatic heterocycles. The van der Waals surface area contributed by atoms with Crippen LogP contribution in [0.15, 0.2) is 30.3 Å². The van der Waals surface area contributed by atoms with Gasteiger partial charge in [-0.1, -0.05) is 30.3 Å². The molecule has 3 rings (SSSR count). The van der Waals surface area contributed by atoms with E-state index in [2.05, 4.69) is 35.2 Å². The summed E-state index contributed by atoms with van der Waals surface area (Å²) in [5.41, 5.74) is 0.932. The van der Waals surface area contributed by atoms with E-state index < -0.39 is 5.60 Å². The number of fused-ring (bicyclic) bond motifs is 1. The van der Waals surface area contributed by atoms with Gasteiger partial charge in [-0.05, 0) is 50.6 Å². The molecule has 0 bridgehead atoms. The molecule has 2 unspecified atom stereocenters. The highest BCUT2D eigenvalue weighted by Crippen LogP contribution is 2.35. The number of aliphatic hydroxyl groups is 1. The maximum Gasteiger partial charge on any atom is 0.0678 e. The van der Waals surface area contributed by atoms with Crippen molar-refractivity contribution in [1.29, 1.82) is 0 Å². The molecule has 2 fully saturated rings. The Morgan fingerprint density at radius 1 is 1.22 bits per heavy atom. The van der Waals surface area contributed by atoms with Crippen molar-refractivity contribution in [1.82, 2.24) is 4.90 Å². The topological polar surface area (TPSA) is 23.5 Å². The summed E-state index contributed by atoms with van der Waals surface area (Å²) in [5.74, 6) is 0. The van der Waals surface area contributed by atoms with E-state index in [4.69, 9.17) is 0 Å². The summed E-state index contributed by atoms with van der Waals surface area (Å²) in [6.07, 6.45) is 6.47. The van der Waals surface area contributed by atoms with Gasteiger partial charge in [-0.15, -0.1) is 0 Å². The van der Waals surface area contributed by atoms with Gasteiger partial charge in [0.1, 0.15) is 0 Å². The molecule has 2 saturated heterocycles. The quantitative estimate of drug-likeness (QED) is 0.885. The lowest BCUT2D eigenvalue weighted by Crippen LogP contribution is -2.47. The largest absolute Gasteiger partial charge is 0.390 e. The van der Waals surface area contributed by atoms with Gasteiger partial charge in [0, 0.05) is 12.6 Å². The van der Waals surface area contributed by atoms with E-state index in [1.165, 1.54) is 24.9 Å². The summed E-state index contributed by atoms with van der Waals surface area (Å²) in [7, 11) is 0. The number of nitrogens with zero attached hydrogens (tertiary/aromatic N) is 1. The minimum Gasteiger partial charge on any atom is -0.390 e. The van der Waals surface area contributed by atoms with Crippen molar-refractivity contribution in [2.24, 2.45) is 0 Å². The molecule has 2 aliphatic heterocycles. The maximum atomic E-state index is 10.8. The number of aryl methyl sites for hydroxylation is 1. The second kappa shape index (κ2) is 5.02. The van der Waals surface area contributed by atoms with E-state index in [9.17, 15) is 5.11 Å². The fraction of sp³-hybridized carbons (Fsp3) is 0.625. The molecule has 0 aliphatic carbocycles. The number of rotatable bonds is 3. The highest BCUT2D eigenvalue weighted by molar-refractivity contribution is 5.15. The first-order valence-electron chi connectivity index (χ1n) is 7.26. The zero-order chi connectivity index (χ0) is 12.4. The Hall–Kier alpha value is -0.860. The van der Waals surface area contributed by atoms with Crippen LogP contribution in [0, 0.1) is 0 Å². The number of hydrogen-bond acceptors (Lipinski definition) is 2. The molecule has 2 aliphatic rings. The van der Waals surface area contributed by atoms with Gasteiger partial charge < -0.3 is 10.0 Å². The van der Waals surface area contributed by atoms with Crippen molar-refractivity contribution < 1.29 is 5.11 Å². The third kappa shape index (κ3) is 2.60. The van der Waals surface area contributed by atoms with Crippen molar-refractivity contribution in [2.75, 3.05) is 13.1 Å². The predicted octanol–water partition coefficient (Wildman–Crippen LogP) is 2.61. The molecule has 18 heavy (non-hydrogen) atoms. The second-order valence-electron chi connectivity index (χ2n) is 6.00. The molecule has 0 radical (unpaired) electrons. The Bertz CT molecular complexity index is 391. The fourth-order valence-corrected chi connectivity index (χ4v) is 3.56. The standard InChI is InChI=1S/C16H23NO/c18-16(9-8-14-5-2-1-3-6-14)10-12-17-11-4-7-15(17)13-16/h1-3,5-6,15,18H,4,7-13H2. The molecule has 2 nitrogen and oxygen atoms in total. The van der Waals surface area contributed by atoms with E-state index in [1.54, 1.807) is 0 Å². The van der Waals surface area contributed by atoms with Gasteiger partial charge in [-0.25, -0.2) is 0 Å². The van der Waals surface area contributed by atoms with Crippen LogP contribution in [0.25, 0.3) is 0 Å². The summed E-state index contributed by atoms with van der Waals surface area (Å²) >= 11 is 0. The zero-order valence-electron chi connectivity index (χ0n) is 11.0. The van der Waals surface area contributed by atoms with Crippen LogP contribution in [-0.2, 0) is 6.42 Å². The van der Waals surface area contributed by atoms with Crippen molar-refractivity contribution in [3.8, 4) is 0 Å². The monoisotopic (exact) mass is 245 g/mol. The van der Waals surface area contributed by atoms with Gasteiger partial charge in [-0.2, -0.15) is 0 Å². The lowest BCUT2D eigenvalue weighted by atomic mass is 9.82. The highest BCUT2D eigenvalue weighted by atomic mass is 16.3. The predicted molar refractivity (Wildman–Crippen MR) is 73.5 cm³/mol. The molecule has 1 N–H and O–H groups in total. The molecular formula is C16H23NO. The van der Waals surface area contributed by atoms with Crippen molar-refractivity contribution in [2.45, 2.75) is 50.2 Å². The molecular weight excluding hydrogens is 222 g/mol. The normalized spacial score (nSPS) is 32.4.